The van der Waals surface area contributed by atoms with Gasteiger partial charge < -0.3 is 5.32 Å². The van der Waals surface area contributed by atoms with Gasteiger partial charge in [-0.2, -0.15) is 0 Å². The van der Waals surface area contributed by atoms with E-state index in [2.05, 4.69) is 21.9 Å². The van der Waals surface area contributed by atoms with Crippen molar-refractivity contribution in [3.63, 3.8) is 0 Å². The summed E-state index contributed by atoms with van der Waals surface area (Å²) in [5.41, 5.74) is 3.15. The van der Waals surface area contributed by atoms with Gasteiger partial charge in [-0.05, 0) is 42.7 Å². The molecule has 2 unspecified atom stereocenters. The lowest BCUT2D eigenvalue weighted by molar-refractivity contribution is -0.128. The van der Waals surface area contributed by atoms with Crippen LogP contribution in [0.25, 0.3) is 11.4 Å². The fraction of sp³-hybridized carbons (Fsp3) is 0.318. The molecule has 6 nitrogen and oxygen atoms in total. The summed E-state index contributed by atoms with van der Waals surface area (Å²) in [7, 11) is 0. The number of carbonyl (C=O) groups is 3. The molecule has 1 aromatic heterocycles. The molecule has 1 saturated carbocycles. The molecule has 7 heteroatoms. The van der Waals surface area contributed by atoms with E-state index in [-0.39, 0.29) is 30.3 Å². The minimum atomic E-state index is -0.826. The Balaban J connectivity index is 1.87. The summed E-state index contributed by atoms with van der Waals surface area (Å²) in [6, 6.07) is 3.74. The maximum absolute atomic E-state index is 13.0. The van der Waals surface area contributed by atoms with Crippen molar-refractivity contribution in [1.82, 2.24) is 15.3 Å². The normalized spacial score (nSPS) is 18.7. The minimum absolute atomic E-state index is 0.0176. The molecule has 1 aromatic carbocycles. The monoisotopic (exact) mass is 411 g/mol. The predicted molar refractivity (Wildman–Crippen MR) is 111 cm³/mol. The van der Waals surface area contributed by atoms with Crippen LogP contribution in [0.5, 0.6) is 0 Å². The van der Waals surface area contributed by atoms with Crippen LogP contribution < -0.4 is 5.32 Å². The first-order valence-corrected chi connectivity index (χ1v) is 9.72. The SMILES string of the molecule is C=CCNC(=O)CC1CC(=O)C(c2c(C)cc(-c3ncc(Cl)cn3)cc2C)C1=O. The predicted octanol–water partition coefficient (Wildman–Crippen LogP) is 3.35. The fourth-order valence-electron chi connectivity index (χ4n) is 3.83. The van der Waals surface area contributed by atoms with Crippen molar-refractivity contribution in [3.05, 3.63) is 58.9 Å². The van der Waals surface area contributed by atoms with Gasteiger partial charge in [0, 0.05) is 43.3 Å². The van der Waals surface area contributed by atoms with E-state index in [1.54, 1.807) is 6.08 Å². The average Bonchev–Trinajstić information content (AvgIpc) is 2.94. The molecule has 1 amide bonds. The first-order chi connectivity index (χ1) is 13.8. The number of amides is 1. The highest BCUT2D eigenvalue weighted by atomic mass is 35.5. The molecule has 2 atom stereocenters. The third-order valence-electron chi connectivity index (χ3n) is 5.09. The van der Waals surface area contributed by atoms with Crippen molar-refractivity contribution >= 4 is 29.1 Å². The van der Waals surface area contributed by atoms with E-state index >= 15 is 0 Å². The summed E-state index contributed by atoms with van der Waals surface area (Å²) in [6.07, 6.45) is 4.72. The van der Waals surface area contributed by atoms with Crippen molar-refractivity contribution in [2.24, 2.45) is 5.92 Å². The second-order valence-corrected chi connectivity index (χ2v) is 7.68. The van der Waals surface area contributed by atoms with Gasteiger partial charge in [-0.25, -0.2) is 9.97 Å². The lowest BCUT2D eigenvalue weighted by Crippen LogP contribution is -2.27. The maximum atomic E-state index is 13.0. The first-order valence-electron chi connectivity index (χ1n) is 9.35. The van der Waals surface area contributed by atoms with Gasteiger partial charge in [0.1, 0.15) is 11.7 Å². The van der Waals surface area contributed by atoms with Crippen LogP contribution in [0.2, 0.25) is 5.02 Å². The number of aromatic nitrogens is 2. The zero-order valence-electron chi connectivity index (χ0n) is 16.4. The Kier molecular flexibility index (Phi) is 6.23. The number of nitrogens with zero attached hydrogens (tertiary/aromatic N) is 2. The highest BCUT2D eigenvalue weighted by Gasteiger charge is 2.43. The van der Waals surface area contributed by atoms with Crippen LogP contribution in [0, 0.1) is 19.8 Å². The standard InChI is InChI=1S/C22H22ClN3O3/c1-4-5-24-18(28)9-14-8-17(27)20(21(14)29)19-12(2)6-15(7-13(19)3)22-25-10-16(23)11-26-22/h4,6-7,10-11,14,20H,1,5,8-9H2,2-3H3,(H,24,28). The highest BCUT2D eigenvalue weighted by Crippen LogP contribution is 2.38. The summed E-state index contributed by atoms with van der Waals surface area (Å²) in [6.45, 7) is 7.62. The Bertz CT molecular complexity index is 962. The van der Waals surface area contributed by atoms with E-state index in [1.165, 1.54) is 12.4 Å². The first kappa shape index (κ1) is 20.9. The Morgan fingerprint density at radius 3 is 2.45 bits per heavy atom. The lowest BCUT2D eigenvalue weighted by Gasteiger charge is -2.17. The van der Waals surface area contributed by atoms with Crippen LogP contribution in [0.1, 0.15) is 35.4 Å². The maximum Gasteiger partial charge on any atom is 0.220 e. The quantitative estimate of drug-likeness (QED) is 0.581. The Labute approximate surface area is 174 Å². The van der Waals surface area contributed by atoms with Crippen molar-refractivity contribution in [2.45, 2.75) is 32.6 Å². The summed E-state index contributed by atoms with van der Waals surface area (Å²) in [5, 5.41) is 3.11. The van der Waals surface area contributed by atoms with Crippen LogP contribution in [0.15, 0.2) is 37.2 Å². The number of Topliss-reactive ketones (excluding diaryl/α,β-unsaturated/α-hetero) is 2. The smallest absolute Gasteiger partial charge is 0.220 e. The molecular weight excluding hydrogens is 390 g/mol. The molecule has 0 saturated heterocycles. The van der Waals surface area contributed by atoms with E-state index in [0.29, 0.717) is 23.0 Å². The average molecular weight is 412 g/mol. The molecule has 1 aliphatic rings. The highest BCUT2D eigenvalue weighted by molar-refractivity contribution is 6.30. The largest absolute Gasteiger partial charge is 0.353 e. The van der Waals surface area contributed by atoms with Gasteiger partial charge in [-0.15, -0.1) is 6.58 Å². The van der Waals surface area contributed by atoms with Gasteiger partial charge in [0.05, 0.1) is 5.02 Å². The topological polar surface area (TPSA) is 89.0 Å². The zero-order valence-corrected chi connectivity index (χ0v) is 17.1. The molecule has 1 aliphatic carbocycles. The molecule has 0 radical (unpaired) electrons. The number of aryl methyl sites for hydroxylation is 2. The molecule has 1 heterocycles. The van der Waals surface area contributed by atoms with Gasteiger partial charge in [-0.3, -0.25) is 14.4 Å². The van der Waals surface area contributed by atoms with Gasteiger partial charge in [-0.1, -0.05) is 17.7 Å². The van der Waals surface area contributed by atoms with E-state index in [9.17, 15) is 14.4 Å². The number of hydrogen-bond acceptors (Lipinski definition) is 5. The summed E-state index contributed by atoms with van der Waals surface area (Å²) in [5.74, 6) is -1.47. The Morgan fingerprint density at radius 2 is 1.86 bits per heavy atom. The number of rotatable bonds is 6. The third-order valence-corrected chi connectivity index (χ3v) is 5.29. The number of carbonyl (C=O) groups excluding carboxylic acids is 3. The van der Waals surface area contributed by atoms with E-state index < -0.39 is 11.8 Å². The van der Waals surface area contributed by atoms with Crippen molar-refractivity contribution in [1.29, 1.82) is 0 Å². The van der Waals surface area contributed by atoms with Crippen LogP contribution in [-0.2, 0) is 14.4 Å². The van der Waals surface area contributed by atoms with Crippen LogP contribution in [-0.4, -0.2) is 34.0 Å². The Morgan fingerprint density at radius 1 is 1.24 bits per heavy atom. The van der Waals surface area contributed by atoms with Gasteiger partial charge in [0.25, 0.3) is 0 Å². The van der Waals surface area contributed by atoms with E-state index in [4.69, 9.17) is 11.6 Å². The molecule has 29 heavy (non-hydrogen) atoms. The molecule has 0 bridgehead atoms. The van der Waals surface area contributed by atoms with Crippen LogP contribution in [0.4, 0.5) is 0 Å². The summed E-state index contributed by atoms with van der Waals surface area (Å²) >= 11 is 5.85. The summed E-state index contributed by atoms with van der Waals surface area (Å²) in [4.78, 5) is 46.1. The number of ketones is 2. The second kappa shape index (κ2) is 8.66. The van der Waals surface area contributed by atoms with E-state index in [1.807, 2.05) is 26.0 Å². The Hall–Kier alpha value is -2.86. The van der Waals surface area contributed by atoms with Crippen LogP contribution in [0.3, 0.4) is 0 Å². The van der Waals surface area contributed by atoms with Crippen molar-refractivity contribution in [3.8, 4) is 11.4 Å². The molecule has 3 rings (SSSR count). The minimum Gasteiger partial charge on any atom is -0.353 e. The number of hydrogen-bond donors (Lipinski definition) is 1. The molecule has 0 spiro atoms. The molecule has 150 valence electrons. The number of nitrogens with one attached hydrogen (secondary N) is 1. The molecular formula is C22H22ClN3O3. The fourth-order valence-corrected chi connectivity index (χ4v) is 3.93. The molecule has 0 aliphatic heterocycles. The lowest BCUT2D eigenvalue weighted by atomic mass is 9.86. The number of benzene rings is 1. The van der Waals surface area contributed by atoms with Gasteiger partial charge in [0.2, 0.25) is 5.91 Å². The van der Waals surface area contributed by atoms with E-state index in [0.717, 1.165) is 16.7 Å². The third kappa shape index (κ3) is 4.43. The van der Waals surface area contributed by atoms with Crippen LogP contribution >= 0.6 is 11.6 Å². The van der Waals surface area contributed by atoms with Crippen molar-refractivity contribution in [2.75, 3.05) is 6.54 Å². The summed E-state index contributed by atoms with van der Waals surface area (Å²) < 4.78 is 0. The molecule has 1 N–H and O–H groups in total. The zero-order chi connectivity index (χ0) is 21.1. The van der Waals surface area contributed by atoms with Gasteiger partial charge in [0.15, 0.2) is 11.6 Å². The van der Waals surface area contributed by atoms with Crippen molar-refractivity contribution < 1.29 is 14.4 Å². The van der Waals surface area contributed by atoms with Gasteiger partial charge >= 0.3 is 0 Å². The molecule has 1 fully saturated rings. The number of halogens is 1. The molecule has 2 aromatic rings. The second-order valence-electron chi connectivity index (χ2n) is 7.25.